The van der Waals surface area contributed by atoms with Gasteiger partial charge in [0.05, 0.1) is 15.8 Å². The number of anilines is 1. The summed E-state index contributed by atoms with van der Waals surface area (Å²) in [7, 11) is 0. The summed E-state index contributed by atoms with van der Waals surface area (Å²) in [4.78, 5) is 18.2. The molecule has 1 atom stereocenters. The van der Waals surface area contributed by atoms with Gasteiger partial charge in [-0.05, 0) is 69.2 Å². The number of thioether (sulfide) groups is 1. The van der Waals surface area contributed by atoms with Crippen LogP contribution in [-0.2, 0) is 11.2 Å². The van der Waals surface area contributed by atoms with Crippen LogP contribution in [0.1, 0.15) is 17.4 Å². The van der Waals surface area contributed by atoms with Gasteiger partial charge in [0.1, 0.15) is 5.82 Å². The predicted molar refractivity (Wildman–Crippen MR) is 132 cm³/mol. The lowest BCUT2D eigenvalue weighted by atomic mass is 10.1. The third kappa shape index (κ3) is 5.49. The normalized spacial score (nSPS) is 12.0. The highest BCUT2D eigenvalue weighted by Gasteiger charge is 2.22. The molecule has 4 aromatic rings. The van der Waals surface area contributed by atoms with Gasteiger partial charge in [0, 0.05) is 16.5 Å². The van der Waals surface area contributed by atoms with Gasteiger partial charge in [0.2, 0.25) is 11.1 Å². The molecule has 0 bridgehead atoms. The Hall–Kier alpha value is -1.98. The zero-order valence-electron chi connectivity index (χ0n) is 16.5. The second-order valence-corrected chi connectivity index (χ2v) is 11.1. The van der Waals surface area contributed by atoms with Crippen molar-refractivity contribution in [2.45, 2.75) is 23.8 Å². The molecule has 1 N–H and O–H groups in total. The van der Waals surface area contributed by atoms with Crippen molar-refractivity contribution in [1.29, 1.82) is 0 Å². The van der Waals surface area contributed by atoms with Crippen LogP contribution in [0.15, 0.2) is 57.6 Å². The first-order valence-electron chi connectivity index (χ1n) is 9.31. The lowest BCUT2D eigenvalue weighted by molar-refractivity contribution is -0.115. The molecule has 12 heteroatoms. The molecule has 2 aromatic heterocycles. The molecule has 0 aliphatic heterocycles. The van der Waals surface area contributed by atoms with E-state index in [0.29, 0.717) is 31.4 Å². The second kappa shape index (κ2) is 10.3. The maximum Gasteiger partial charge on any atom is 0.238 e. The summed E-state index contributed by atoms with van der Waals surface area (Å²) >= 11 is 18.5. The van der Waals surface area contributed by atoms with Gasteiger partial charge in [0.25, 0.3) is 0 Å². The van der Waals surface area contributed by atoms with Gasteiger partial charge < -0.3 is 5.32 Å². The molecule has 2 heterocycles. The highest BCUT2D eigenvalue weighted by Crippen LogP contribution is 2.33. The summed E-state index contributed by atoms with van der Waals surface area (Å²) in [6.07, 6.45) is 0.492. The van der Waals surface area contributed by atoms with Gasteiger partial charge in [-0.1, -0.05) is 53.2 Å². The zero-order valence-corrected chi connectivity index (χ0v) is 21.2. The lowest BCUT2D eigenvalue weighted by Gasteiger charge is -2.12. The van der Waals surface area contributed by atoms with Crippen molar-refractivity contribution in [2.75, 3.05) is 5.32 Å². The van der Waals surface area contributed by atoms with Crippen LogP contribution in [0.4, 0.5) is 5.82 Å². The number of nitrogens with zero attached hydrogens (tertiary/aromatic N) is 5. The molecule has 0 saturated heterocycles. The van der Waals surface area contributed by atoms with Crippen LogP contribution < -0.4 is 5.32 Å². The van der Waals surface area contributed by atoms with Crippen molar-refractivity contribution in [3.8, 4) is 5.69 Å². The van der Waals surface area contributed by atoms with E-state index in [1.807, 2.05) is 36.4 Å². The van der Waals surface area contributed by atoms with E-state index < -0.39 is 5.25 Å². The SMILES string of the molecule is CC(Sc1nnnn1-c1ccccc1)C(=O)Nc1nc(Br)sc1Cc1cc(Cl)ccc1Cl. The van der Waals surface area contributed by atoms with Crippen molar-refractivity contribution in [2.24, 2.45) is 0 Å². The third-order valence-corrected chi connectivity index (χ3v) is 7.51. The number of benzene rings is 2. The Morgan fingerprint density at radius 3 is 2.81 bits per heavy atom. The Labute approximate surface area is 210 Å². The van der Waals surface area contributed by atoms with E-state index in [2.05, 4.69) is 41.8 Å². The lowest BCUT2D eigenvalue weighted by Crippen LogP contribution is -2.23. The summed E-state index contributed by atoms with van der Waals surface area (Å²) < 4.78 is 2.26. The number of para-hydroxylation sites is 1. The topological polar surface area (TPSA) is 85.6 Å². The monoisotopic (exact) mass is 568 g/mol. The molecule has 7 nitrogen and oxygen atoms in total. The average Bonchev–Trinajstić information content (AvgIpc) is 3.37. The van der Waals surface area contributed by atoms with E-state index in [1.165, 1.54) is 23.1 Å². The number of carbonyl (C=O) groups excluding carboxylic acids is 1. The molecule has 0 saturated carbocycles. The molecule has 32 heavy (non-hydrogen) atoms. The minimum atomic E-state index is -0.466. The fraction of sp³-hybridized carbons (Fsp3) is 0.150. The van der Waals surface area contributed by atoms with Crippen LogP contribution in [0.5, 0.6) is 0 Å². The van der Waals surface area contributed by atoms with E-state index in [4.69, 9.17) is 23.2 Å². The number of amides is 1. The average molecular weight is 570 g/mol. The largest absolute Gasteiger partial charge is 0.309 e. The number of aromatic nitrogens is 5. The molecule has 1 unspecified atom stereocenters. The van der Waals surface area contributed by atoms with Crippen LogP contribution in [-0.4, -0.2) is 36.3 Å². The smallest absolute Gasteiger partial charge is 0.238 e. The quantitative estimate of drug-likeness (QED) is 0.279. The summed E-state index contributed by atoms with van der Waals surface area (Å²) in [6.45, 7) is 1.79. The fourth-order valence-corrected chi connectivity index (χ4v) is 5.52. The van der Waals surface area contributed by atoms with Crippen molar-refractivity contribution in [3.05, 3.63) is 72.9 Å². The van der Waals surface area contributed by atoms with E-state index in [-0.39, 0.29) is 5.91 Å². The number of rotatable bonds is 7. The van der Waals surface area contributed by atoms with Crippen LogP contribution >= 0.6 is 62.2 Å². The molecule has 0 fully saturated rings. The minimum Gasteiger partial charge on any atom is -0.309 e. The van der Waals surface area contributed by atoms with Gasteiger partial charge in [0.15, 0.2) is 3.92 Å². The van der Waals surface area contributed by atoms with Gasteiger partial charge in [-0.2, -0.15) is 4.68 Å². The number of thiazole rings is 1. The first-order chi connectivity index (χ1) is 15.4. The first kappa shape index (κ1) is 23.2. The number of hydrogen-bond donors (Lipinski definition) is 1. The number of carbonyl (C=O) groups is 1. The number of tetrazole rings is 1. The summed E-state index contributed by atoms with van der Waals surface area (Å²) in [5.74, 6) is 0.270. The van der Waals surface area contributed by atoms with E-state index in [0.717, 1.165) is 16.1 Å². The predicted octanol–water partition coefficient (Wildman–Crippen LogP) is 5.90. The standard InChI is InChI=1S/C20H15BrCl2N6OS2/c1-11(31-20-26-27-28-29(20)14-5-3-2-4-6-14)18(30)24-17-16(32-19(21)25-17)10-12-9-13(22)7-8-15(12)23/h2-9,11H,10H2,1H3,(H,24,30). The number of halogens is 3. The van der Waals surface area contributed by atoms with Crippen LogP contribution in [0.2, 0.25) is 10.0 Å². The van der Waals surface area contributed by atoms with Crippen LogP contribution in [0, 0.1) is 0 Å². The molecule has 2 aromatic carbocycles. The van der Waals surface area contributed by atoms with Gasteiger partial charge in [-0.25, -0.2) is 4.98 Å². The van der Waals surface area contributed by atoms with Crippen molar-refractivity contribution < 1.29 is 4.79 Å². The maximum absolute atomic E-state index is 12.9. The van der Waals surface area contributed by atoms with E-state index in [9.17, 15) is 4.79 Å². The first-order valence-corrected chi connectivity index (χ1v) is 12.6. The molecule has 0 aliphatic rings. The third-order valence-electron chi connectivity index (χ3n) is 4.36. The molecular weight excluding hydrogens is 555 g/mol. The Bertz CT molecular complexity index is 1250. The summed E-state index contributed by atoms with van der Waals surface area (Å²) in [5.41, 5.74) is 1.67. The Morgan fingerprint density at radius 1 is 1.25 bits per heavy atom. The molecule has 0 radical (unpaired) electrons. The summed E-state index contributed by atoms with van der Waals surface area (Å²) in [5, 5.41) is 16.0. The molecule has 164 valence electrons. The molecular formula is C20H15BrCl2N6OS2. The molecule has 1 amide bonds. The number of hydrogen-bond acceptors (Lipinski definition) is 7. The van der Waals surface area contributed by atoms with E-state index in [1.54, 1.807) is 23.7 Å². The highest BCUT2D eigenvalue weighted by molar-refractivity contribution is 9.11. The van der Waals surface area contributed by atoms with Gasteiger partial charge >= 0.3 is 0 Å². The van der Waals surface area contributed by atoms with Crippen LogP contribution in [0.3, 0.4) is 0 Å². The minimum absolute atomic E-state index is 0.214. The van der Waals surface area contributed by atoms with Gasteiger partial charge in [-0.15, -0.1) is 16.4 Å². The van der Waals surface area contributed by atoms with Crippen molar-refractivity contribution in [3.63, 3.8) is 0 Å². The van der Waals surface area contributed by atoms with Crippen LogP contribution in [0.25, 0.3) is 5.69 Å². The fourth-order valence-electron chi connectivity index (χ4n) is 2.81. The van der Waals surface area contributed by atoms with Crippen molar-refractivity contribution >= 4 is 74.0 Å². The molecule has 4 rings (SSSR count). The molecule has 0 aliphatic carbocycles. The maximum atomic E-state index is 12.9. The highest BCUT2D eigenvalue weighted by atomic mass is 79.9. The Kier molecular flexibility index (Phi) is 7.47. The molecule has 0 spiro atoms. The van der Waals surface area contributed by atoms with Gasteiger partial charge in [-0.3, -0.25) is 4.79 Å². The Balaban J connectivity index is 1.48. The zero-order chi connectivity index (χ0) is 22.7. The number of nitrogens with one attached hydrogen (secondary N) is 1. The van der Waals surface area contributed by atoms with E-state index >= 15 is 0 Å². The summed E-state index contributed by atoms with van der Waals surface area (Å²) in [6, 6.07) is 14.8. The second-order valence-electron chi connectivity index (χ2n) is 6.61. The Morgan fingerprint density at radius 2 is 2.03 bits per heavy atom. The van der Waals surface area contributed by atoms with Crippen molar-refractivity contribution in [1.82, 2.24) is 25.2 Å².